The van der Waals surface area contributed by atoms with Crippen LogP contribution in [-0.2, 0) is 13.7 Å². The molecular weight excluding hydrogens is 380 g/mol. The summed E-state index contributed by atoms with van der Waals surface area (Å²) in [6.45, 7) is 8.46. The molecule has 0 atom stereocenters. The smallest absolute Gasteiger partial charge is 0.365 e. The van der Waals surface area contributed by atoms with Gasteiger partial charge in [0, 0.05) is 23.9 Å². The van der Waals surface area contributed by atoms with E-state index in [1.54, 1.807) is 0 Å². The van der Waals surface area contributed by atoms with Gasteiger partial charge in [-0.3, -0.25) is 4.68 Å². The lowest BCUT2D eigenvalue weighted by molar-refractivity contribution is 0.302. The van der Waals surface area contributed by atoms with Crippen LogP contribution < -0.4 is 10.4 Å². The van der Waals surface area contributed by atoms with E-state index < -0.39 is 0 Å². The van der Waals surface area contributed by atoms with E-state index in [0.717, 1.165) is 39.4 Å². The average Bonchev–Trinajstić information content (AvgIpc) is 3.26. The SMILES string of the molecule is Cc1cc(-c2nn(C)c(C)c2C)ccc1OCc1c(C)cccc1-n1nn[nH]c1=O. The van der Waals surface area contributed by atoms with E-state index in [9.17, 15) is 4.79 Å². The number of benzene rings is 2. The van der Waals surface area contributed by atoms with Crippen molar-refractivity contribution in [2.75, 3.05) is 0 Å². The minimum Gasteiger partial charge on any atom is -0.489 e. The highest BCUT2D eigenvalue weighted by Crippen LogP contribution is 2.29. The molecule has 0 radical (unpaired) electrons. The molecule has 8 heteroatoms. The van der Waals surface area contributed by atoms with E-state index in [2.05, 4.69) is 40.5 Å². The van der Waals surface area contributed by atoms with Crippen molar-refractivity contribution < 1.29 is 4.74 Å². The molecule has 8 nitrogen and oxygen atoms in total. The maximum absolute atomic E-state index is 12.0. The van der Waals surface area contributed by atoms with Crippen LogP contribution >= 0.6 is 0 Å². The van der Waals surface area contributed by atoms with E-state index in [4.69, 9.17) is 4.74 Å². The van der Waals surface area contributed by atoms with Crippen LogP contribution in [0.1, 0.15) is 27.9 Å². The molecule has 1 N–H and O–H groups in total. The van der Waals surface area contributed by atoms with E-state index in [1.165, 1.54) is 10.2 Å². The van der Waals surface area contributed by atoms with Crippen molar-refractivity contribution in [3.63, 3.8) is 0 Å². The Kier molecular flexibility index (Phi) is 4.99. The van der Waals surface area contributed by atoms with Crippen LogP contribution in [0.25, 0.3) is 16.9 Å². The quantitative estimate of drug-likeness (QED) is 0.552. The molecule has 0 aliphatic carbocycles. The molecule has 0 saturated carbocycles. The van der Waals surface area contributed by atoms with Gasteiger partial charge < -0.3 is 4.74 Å². The van der Waals surface area contributed by atoms with Gasteiger partial charge in [0.15, 0.2) is 0 Å². The molecule has 0 bridgehead atoms. The summed E-state index contributed by atoms with van der Waals surface area (Å²) in [5, 5.41) is 14.4. The maximum atomic E-state index is 12.0. The Hall–Kier alpha value is -3.68. The number of hydrogen-bond donors (Lipinski definition) is 1. The van der Waals surface area contributed by atoms with Crippen molar-refractivity contribution in [3.05, 3.63) is 74.8 Å². The number of hydrogen-bond acceptors (Lipinski definition) is 5. The van der Waals surface area contributed by atoms with Crippen molar-refractivity contribution >= 4 is 0 Å². The van der Waals surface area contributed by atoms with Crippen LogP contribution in [0.2, 0.25) is 0 Å². The van der Waals surface area contributed by atoms with Gasteiger partial charge in [0.1, 0.15) is 12.4 Å². The van der Waals surface area contributed by atoms with E-state index >= 15 is 0 Å². The normalized spacial score (nSPS) is 11.1. The first-order valence-electron chi connectivity index (χ1n) is 9.70. The molecule has 2 heterocycles. The van der Waals surface area contributed by atoms with Gasteiger partial charge >= 0.3 is 5.69 Å². The summed E-state index contributed by atoms with van der Waals surface area (Å²) in [7, 11) is 1.95. The lowest BCUT2D eigenvalue weighted by atomic mass is 10.0. The molecule has 4 rings (SSSR count). The summed E-state index contributed by atoms with van der Waals surface area (Å²) in [6, 6.07) is 11.8. The highest BCUT2D eigenvalue weighted by atomic mass is 16.5. The molecule has 0 fully saturated rings. The maximum Gasteiger partial charge on any atom is 0.365 e. The van der Waals surface area contributed by atoms with Crippen LogP contribution in [-0.4, -0.2) is 30.0 Å². The third-order valence-corrected chi connectivity index (χ3v) is 5.54. The third-order valence-electron chi connectivity index (χ3n) is 5.54. The molecular formula is C22H24N6O2. The van der Waals surface area contributed by atoms with Gasteiger partial charge in [-0.25, -0.2) is 9.89 Å². The summed E-state index contributed by atoms with van der Waals surface area (Å²) < 4.78 is 9.28. The second-order valence-electron chi connectivity index (χ2n) is 7.44. The van der Waals surface area contributed by atoms with Crippen molar-refractivity contribution in [1.82, 2.24) is 30.0 Å². The fourth-order valence-corrected chi connectivity index (χ4v) is 3.53. The highest BCUT2D eigenvalue weighted by Gasteiger charge is 2.14. The minimum atomic E-state index is -0.386. The average molecular weight is 404 g/mol. The second-order valence-corrected chi connectivity index (χ2v) is 7.44. The Bertz CT molecular complexity index is 1280. The molecule has 0 spiro atoms. The number of nitrogens with one attached hydrogen (secondary N) is 1. The molecule has 0 aliphatic rings. The Morgan fingerprint density at radius 1 is 1.07 bits per heavy atom. The molecule has 0 aliphatic heterocycles. The lowest BCUT2D eigenvalue weighted by Gasteiger charge is -2.14. The van der Waals surface area contributed by atoms with Crippen LogP contribution in [0.5, 0.6) is 5.75 Å². The first-order chi connectivity index (χ1) is 14.4. The Morgan fingerprint density at radius 2 is 1.87 bits per heavy atom. The molecule has 4 aromatic rings. The predicted molar refractivity (Wildman–Crippen MR) is 114 cm³/mol. The van der Waals surface area contributed by atoms with Gasteiger partial charge in [-0.2, -0.15) is 9.78 Å². The highest BCUT2D eigenvalue weighted by molar-refractivity contribution is 5.66. The number of aryl methyl sites for hydroxylation is 3. The number of tetrazole rings is 1. The summed E-state index contributed by atoms with van der Waals surface area (Å²) in [4.78, 5) is 12.0. The Labute approximate surface area is 174 Å². The van der Waals surface area contributed by atoms with E-state index in [1.807, 2.05) is 55.9 Å². The van der Waals surface area contributed by atoms with Crippen molar-refractivity contribution in [2.45, 2.75) is 34.3 Å². The van der Waals surface area contributed by atoms with Gasteiger partial charge in [0.25, 0.3) is 0 Å². The molecule has 2 aromatic carbocycles. The molecule has 0 amide bonds. The fourth-order valence-electron chi connectivity index (χ4n) is 3.53. The lowest BCUT2D eigenvalue weighted by Crippen LogP contribution is -2.18. The largest absolute Gasteiger partial charge is 0.489 e. The second kappa shape index (κ2) is 7.62. The zero-order valence-electron chi connectivity index (χ0n) is 17.7. The van der Waals surface area contributed by atoms with Crippen molar-refractivity contribution in [2.24, 2.45) is 7.05 Å². The summed E-state index contributed by atoms with van der Waals surface area (Å²) in [5.41, 5.74) is 7.55. The molecule has 0 saturated heterocycles. The van der Waals surface area contributed by atoms with Crippen molar-refractivity contribution in [1.29, 1.82) is 0 Å². The zero-order chi connectivity index (χ0) is 21.4. The first-order valence-corrected chi connectivity index (χ1v) is 9.70. The Balaban J connectivity index is 1.62. The number of aromatic amines is 1. The Morgan fingerprint density at radius 3 is 2.50 bits per heavy atom. The van der Waals surface area contributed by atoms with Crippen LogP contribution in [0.15, 0.2) is 41.2 Å². The number of nitrogens with zero attached hydrogens (tertiary/aromatic N) is 5. The number of rotatable bonds is 5. The third kappa shape index (κ3) is 3.41. The first kappa shape index (κ1) is 19.6. The van der Waals surface area contributed by atoms with Crippen LogP contribution in [0, 0.1) is 27.7 Å². The number of aromatic nitrogens is 6. The standard InChI is InChI=1S/C22H24N6O2/c1-13-7-6-8-19(28-22(29)23-25-26-28)18(13)12-30-20-10-9-17(11-14(20)2)21-15(3)16(4)27(5)24-21/h6-11H,12H2,1-5H3,(H,23,26,29). The molecule has 0 unspecified atom stereocenters. The number of H-pyrrole nitrogens is 1. The van der Waals surface area contributed by atoms with Crippen molar-refractivity contribution in [3.8, 4) is 22.7 Å². The van der Waals surface area contributed by atoms with E-state index in [0.29, 0.717) is 12.3 Å². The minimum absolute atomic E-state index is 0.309. The molecule has 30 heavy (non-hydrogen) atoms. The summed E-state index contributed by atoms with van der Waals surface area (Å²) >= 11 is 0. The van der Waals surface area contributed by atoms with Crippen LogP contribution in [0.4, 0.5) is 0 Å². The van der Waals surface area contributed by atoms with E-state index in [-0.39, 0.29) is 5.69 Å². The van der Waals surface area contributed by atoms with Gasteiger partial charge in [-0.05, 0) is 79.1 Å². The van der Waals surface area contributed by atoms with Crippen LogP contribution in [0.3, 0.4) is 0 Å². The zero-order valence-corrected chi connectivity index (χ0v) is 17.7. The summed E-state index contributed by atoms with van der Waals surface area (Å²) in [6.07, 6.45) is 0. The van der Waals surface area contributed by atoms with Gasteiger partial charge in [-0.1, -0.05) is 12.1 Å². The van der Waals surface area contributed by atoms with Gasteiger partial charge in [0.05, 0.1) is 11.4 Å². The monoisotopic (exact) mass is 404 g/mol. The van der Waals surface area contributed by atoms with Gasteiger partial charge in [0.2, 0.25) is 0 Å². The topological polar surface area (TPSA) is 90.6 Å². The molecule has 154 valence electrons. The number of ether oxygens (including phenoxy) is 1. The predicted octanol–water partition coefficient (Wildman–Crippen LogP) is 3.17. The summed E-state index contributed by atoms with van der Waals surface area (Å²) in [5.74, 6) is 0.783. The fraction of sp³-hybridized carbons (Fsp3) is 0.273. The van der Waals surface area contributed by atoms with Gasteiger partial charge in [-0.15, -0.1) is 0 Å². The molecule has 2 aromatic heterocycles.